The van der Waals surface area contributed by atoms with Gasteiger partial charge in [0.05, 0.1) is 12.1 Å². The zero-order valence-corrected chi connectivity index (χ0v) is 9.60. The Morgan fingerprint density at radius 2 is 2.06 bits per heavy atom. The normalized spacial score (nSPS) is 34.2. The Bertz CT molecular complexity index is 280. The van der Waals surface area contributed by atoms with E-state index in [-0.39, 0.29) is 12.3 Å². The maximum absolute atomic E-state index is 11.0. The van der Waals surface area contributed by atoms with Gasteiger partial charge in [0.1, 0.15) is 6.10 Å². The van der Waals surface area contributed by atoms with Crippen LogP contribution in [0.2, 0.25) is 0 Å². The maximum Gasteiger partial charge on any atom is 0.303 e. The standard InChI is InChI=1S/C10H17NO5/c1-5-10(16-7(3)13)8(11-6(2)12)4-9(14)15-5/h5,8-10,14H,4H2,1-3H3,(H,11,12)/t5-,8-,9+,10+/m1/s1. The van der Waals surface area contributed by atoms with E-state index in [0.717, 1.165) is 0 Å². The maximum atomic E-state index is 11.0. The zero-order chi connectivity index (χ0) is 12.3. The molecule has 0 radical (unpaired) electrons. The van der Waals surface area contributed by atoms with Gasteiger partial charge in [-0.05, 0) is 6.92 Å². The van der Waals surface area contributed by atoms with E-state index < -0.39 is 30.5 Å². The number of amides is 1. The first kappa shape index (κ1) is 12.9. The highest BCUT2D eigenvalue weighted by atomic mass is 16.6. The number of hydrogen-bond donors (Lipinski definition) is 2. The van der Waals surface area contributed by atoms with Crippen LogP contribution >= 0.6 is 0 Å². The Morgan fingerprint density at radius 3 is 2.56 bits per heavy atom. The first-order chi connectivity index (χ1) is 7.40. The molecule has 0 aliphatic carbocycles. The van der Waals surface area contributed by atoms with Crippen LogP contribution in [0.15, 0.2) is 0 Å². The van der Waals surface area contributed by atoms with E-state index in [1.165, 1.54) is 13.8 Å². The summed E-state index contributed by atoms with van der Waals surface area (Å²) in [5.41, 5.74) is 0. The lowest BCUT2D eigenvalue weighted by atomic mass is 9.99. The molecule has 92 valence electrons. The third-order valence-corrected chi connectivity index (χ3v) is 2.38. The average molecular weight is 231 g/mol. The quantitative estimate of drug-likeness (QED) is 0.629. The van der Waals surface area contributed by atoms with Crippen molar-refractivity contribution in [3.63, 3.8) is 0 Å². The highest BCUT2D eigenvalue weighted by Gasteiger charge is 2.38. The zero-order valence-electron chi connectivity index (χ0n) is 9.60. The third-order valence-electron chi connectivity index (χ3n) is 2.38. The molecule has 1 aliphatic rings. The van der Waals surface area contributed by atoms with Crippen molar-refractivity contribution < 1.29 is 24.2 Å². The molecular weight excluding hydrogens is 214 g/mol. The number of hydrogen-bond acceptors (Lipinski definition) is 5. The molecule has 1 heterocycles. The molecule has 6 heteroatoms. The van der Waals surface area contributed by atoms with Crippen LogP contribution in [0.5, 0.6) is 0 Å². The van der Waals surface area contributed by atoms with E-state index in [1.54, 1.807) is 6.92 Å². The second-order valence-corrected chi connectivity index (χ2v) is 3.91. The van der Waals surface area contributed by atoms with Crippen molar-refractivity contribution in [2.24, 2.45) is 0 Å². The van der Waals surface area contributed by atoms with Crippen LogP contribution in [0.25, 0.3) is 0 Å². The van der Waals surface area contributed by atoms with Gasteiger partial charge in [-0.25, -0.2) is 0 Å². The molecule has 6 nitrogen and oxygen atoms in total. The minimum absolute atomic E-state index is 0.210. The fraction of sp³-hybridized carbons (Fsp3) is 0.800. The summed E-state index contributed by atoms with van der Waals surface area (Å²) in [6, 6.07) is -0.417. The smallest absolute Gasteiger partial charge is 0.303 e. The van der Waals surface area contributed by atoms with Crippen molar-refractivity contribution in [2.45, 2.75) is 51.7 Å². The number of aliphatic hydroxyl groups excluding tert-OH is 1. The van der Waals surface area contributed by atoms with Crippen molar-refractivity contribution in [1.29, 1.82) is 0 Å². The number of aliphatic hydroxyl groups is 1. The van der Waals surface area contributed by atoms with Crippen LogP contribution in [-0.2, 0) is 19.1 Å². The minimum atomic E-state index is -0.946. The monoisotopic (exact) mass is 231 g/mol. The highest BCUT2D eigenvalue weighted by molar-refractivity contribution is 5.73. The predicted octanol–water partition coefficient (Wildman–Crippen LogP) is -0.450. The molecule has 0 bridgehead atoms. The third kappa shape index (κ3) is 3.46. The molecular formula is C10H17NO5. The topological polar surface area (TPSA) is 84.9 Å². The minimum Gasteiger partial charge on any atom is -0.458 e. The Labute approximate surface area is 93.9 Å². The van der Waals surface area contributed by atoms with Crippen molar-refractivity contribution in [3.05, 3.63) is 0 Å². The van der Waals surface area contributed by atoms with E-state index in [0.29, 0.717) is 0 Å². The van der Waals surface area contributed by atoms with Crippen LogP contribution in [0.4, 0.5) is 0 Å². The molecule has 16 heavy (non-hydrogen) atoms. The second-order valence-electron chi connectivity index (χ2n) is 3.91. The number of nitrogens with one attached hydrogen (secondary N) is 1. The SMILES string of the molecule is CC(=O)N[C@@H]1C[C@@H](O)O[C@H](C)[C@@H]1OC(C)=O. The molecule has 0 unspecified atom stereocenters. The summed E-state index contributed by atoms with van der Waals surface area (Å²) in [7, 11) is 0. The van der Waals surface area contributed by atoms with Gasteiger partial charge in [-0.1, -0.05) is 0 Å². The Hall–Kier alpha value is -1.14. The van der Waals surface area contributed by atoms with Gasteiger partial charge >= 0.3 is 5.97 Å². The van der Waals surface area contributed by atoms with E-state index in [1.807, 2.05) is 0 Å². The van der Waals surface area contributed by atoms with Crippen molar-refractivity contribution in [3.8, 4) is 0 Å². The van der Waals surface area contributed by atoms with Gasteiger partial charge in [0.2, 0.25) is 5.91 Å². The number of ether oxygens (including phenoxy) is 2. The molecule has 0 spiro atoms. The van der Waals surface area contributed by atoms with Crippen molar-refractivity contribution in [1.82, 2.24) is 5.32 Å². The Morgan fingerprint density at radius 1 is 1.44 bits per heavy atom. The Balaban J connectivity index is 2.71. The van der Waals surface area contributed by atoms with Crippen LogP contribution in [0.1, 0.15) is 27.2 Å². The molecule has 1 amide bonds. The van der Waals surface area contributed by atoms with Gasteiger partial charge in [-0.3, -0.25) is 9.59 Å². The van der Waals surface area contributed by atoms with Crippen LogP contribution in [-0.4, -0.2) is 41.5 Å². The van der Waals surface area contributed by atoms with Gasteiger partial charge in [0.25, 0.3) is 0 Å². The lowest BCUT2D eigenvalue weighted by molar-refractivity contribution is -0.214. The van der Waals surface area contributed by atoms with E-state index in [9.17, 15) is 14.7 Å². The van der Waals surface area contributed by atoms with Gasteiger partial charge in [0.15, 0.2) is 6.29 Å². The summed E-state index contributed by atoms with van der Waals surface area (Å²) in [6.07, 6.45) is -1.75. The van der Waals surface area contributed by atoms with Crippen LogP contribution in [0, 0.1) is 0 Å². The fourth-order valence-electron chi connectivity index (χ4n) is 1.83. The van der Waals surface area contributed by atoms with E-state index in [4.69, 9.17) is 9.47 Å². The molecule has 1 aliphatic heterocycles. The van der Waals surface area contributed by atoms with Crippen LogP contribution < -0.4 is 5.32 Å². The fourth-order valence-corrected chi connectivity index (χ4v) is 1.83. The molecule has 0 saturated carbocycles. The average Bonchev–Trinajstić information content (AvgIpc) is 2.09. The predicted molar refractivity (Wildman–Crippen MR) is 54.3 cm³/mol. The summed E-state index contributed by atoms with van der Waals surface area (Å²) in [5.74, 6) is -0.671. The van der Waals surface area contributed by atoms with E-state index >= 15 is 0 Å². The summed E-state index contributed by atoms with van der Waals surface area (Å²) >= 11 is 0. The first-order valence-electron chi connectivity index (χ1n) is 5.18. The number of carbonyl (C=O) groups excluding carboxylic acids is 2. The lowest BCUT2D eigenvalue weighted by Crippen LogP contribution is -2.56. The number of rotatable bonds is 2. The van der Waals surface area contributed by atoms with Crippen molar-refractivity contribution in [2.75, 3.05) is 0 Å². The van der Waals surface area contributed by atoms with Gasteiger partial charge < -0.3 is 19.9 Å². The summed E-state index contributed by atoms with van der Waals surface area (Å²) < 4.78 is 10.2. The molecule has 0 aromatic heterocycles. The number of carbonyl (C=O) groups is 2. The summed E-state index contributed by atoms with van der Waals surface area (Å²) in [5, 5.41) is 12.0. The molecule has 1 fully saturated rings. The molecule has 1 saturated heterocycles. The van der Waals surface area contributed by atoms with E-state index in [2.05, 4.69) is 5.32 Å². The highest BCUT2D eigenvalue weighted by Crippen LogP contribution is 2.21. The van der Waals surface area contributed by atoms with Gasteiger partial charge in [-0.15, -0.1) is 0 Å². The Kier molecular flexibility index (Phi) is 4.26. The second kappa shape index (κ2) is 5.27. The van der Waals surface area contributed by atoms with Crippen molar-refractivity contribution >= 4 is 11.9 Å². The molecule has 0 aromatic carbocycles. The molecule has 1 rings (SSSR count). The number of esters is 1. The molecule has 0 aromatic rings. The molecule has 2 N–H and O–H groups in total. The summed E-state index contributed by atoms with van der Waals surface area (Å²) in [6.45, 7) is 4.35. The largest absolute Gasteiger partial charge is 0.458 e. The molecule has 4 atom stereocenters. The van der Waals surface area contributed by atoms with Gasteiger partial charge in [0, 0.05) is 20.3 Å². The lowest BCUT2D eigenvalue weighted by Gasteiger charge is -2.38. The van der Waals surface area contributed by atoms with Crippen LogP contribution in [0.3, 0.4) is 0 Å². The van der Waals surface area contributed by atoms with Gasteiger partial charge in [-0.2, -0.15) is 0 Å². The first-order valence-corrected chi connectivity index (χ1v) is 5.18. The summed E-state index contributed by atoms with van der Waals surface area (Å²) in [4.78, 5) is 21.9.